The molecule has 63 heavy (non-hydrogen) atoms. The fourth-order valence-electron chi connectivity index (χ4n) is 9.76. The maximum Gasteiger partial charge on any atom is 0.194 e. The van der Waals surface area contributed by atoms with Crippen LogP contribution in [0.15, 0.2) is 182 Å². The molecular formula is C57H36N6. The second-order valence-corrected chi connectivity index (χ2v) is 16.7. The maximum absolute atomic E-state index is 7.82. The molecule has 0 saturated carbocycles. The van der Waals surface area contributed by atoms with E-state index in [0.717, 1.165) is 82.3 Å². The zero-order chi connectivity index (χ0) is 42.2. The van der Waals surface area contributed by atoms with Crippen LogP contribution >= 0.6 is 0 Å². The predicted octanol–water partition coefficient (Wildman–Crippen LogP) is 14.5. The Morgan fingerprint density at radius 2 is 0.937 bits per heavy atom. The summed E-state index contributed by atoms with van der Waals surface area (Å²) in [6, 6.07) is 58.9. The second-order valence-electron chi connectivity index (χ2n) is 16.7. The van der Waals surface area contributed by atoms with Crippen molar-refractivity contribution in [1.29, 1.82) is 0 Å². The molecule has 6 heteroatoms. The van der Waals surface area contributed by atoms with Gasteiger partial charge in [0.05, 0.1) is 17.6 Å². The number of aromatic nitrogens is 5. The highest BCUT2D eigenvalue weighted by molar-refractivity contribution is 6.23. The van der Waals surface area contributed by atoms with E-state index in [1.807, 2.05) is 79.1 Å². The number of fused-ring (bicyclic) bond motifs is 9. The molecule has 3 heterocycles. The third-order valence-electron chi connectivity index (χ3n) is 12.8. The summed E-state index contributed by atoms with van der Waals surface area (Å²) in [5.41, 5.74) is 14.2. The van der Waals surface area contributed by atoms with Gasteiger partial charge < -0.3 is 0 Å². The van der Waals surface area contributed by atoms with Crippen molar-refractivity contribution in [3.05, 3.63) is 205 Å². The van der Waals surface area contributed by atoms with Crippen LogP contribution in [0.4, 0.5) is 5.69 Å². The molecule has 0 aliphatic heterocycles. The third-order valence-corrected chi connectivity index (χ3v) is 12.8. The van der Waals surface area contributed by atoms with Crippen molar-refractivity contribution in [3.63, 3.8) is 0 Å². The molecular weight excluding hydrogens is 769 g/mol. The molecule has 0 N–H and O–H groups in total. The van der Waals surface area contributed by atoms with Crippen molar-refractivity contribution < 1.29 is 0 Å². The summed E-state index contributed by atoms with van der Waals surface area (Å²) in [6.45, 7) is 12.4. The fraction of sp³-hybridized carbons (Fsp3) is 0.0526. The van der Waals surface area contributed by atoms with Gasteiger partial charge in [-0.3, -0.25) is 9.97 Å². The molecule has 0 amide bonds. The minimum absolute atomic E-state index is 0.160. The summed E-state index contributed by atoms with van der Waals surface area (Å²) >= 11 is 0. The number of benzene rings is 8. The van der Waals surface area contributed by atoms with Gasteiger partial charge in [-0.05, 0) is 91.3 Å². The molecule has 3 aromatic heterocycles. The van der Waals surface area contributed by atoms with Gasteiger partial charge in [0.25, 0.3) is 0 Å². The minimum atomic E-state index is -0.160. The van der Waals surface area contributed by atoms with Crippen LogP contribution in [0.3, 0.4) is 0 Å². The molecule has 1 aliphatic rings. The highest BCUT2D eigenvalue weighted by Crippen LogP contribution is 2.50. The number of pyridine rings is 2. The predicted molar refractivity (Wildman–Crippen MR) is 256 cm³/mol. The van der Waals surface area contributed by atoms with E-state index in [1.165, 1.54) is 22.3 Å². The van der Waals surface area contributed by atoms with E-state index in [0.29, 0.717) is 23.2 Å². The summed E-state index contributed by atoms with van der Waals surface area (Å²) in [5, 5.41) is 6.21. The fourth-order valence-corrected chi connectivity index (χ4v) is 9.76. The van der Waals surface area contributed by atoms with Crippen molar-refractivity contribution in [1.82, 2.24) is 24.9 Å². The Labute approximate surface area is 364 Å². The average Bonchev–Trinajstić information content (AvgIpc) is 3.58. The van der Waals surface area contributed by atoms with Crippen molar-refractivity contribution in [2.45, 2.75) is 19.3 Å². The van der Waals surface area contributed by atoms with Crippen molar-refractivity contribution >= 4 is 49.0 Å². The lowest BCUT2D eigenvalue weighted by atomic mass is 9.82. The summed E-state index contributed by atoms with van der Waals surface area (Å²) in [4.78, 5) is 29.3. The molecule has 0 bridgehead atoms. The van der Waals surface area contributed by atoms with E-state index in [-0.39, 0.29) is 5.41 Å². The number of hydrogen-bond acceptors (Lipinski definition) is 5. The first-order chi connectivity index (χ1) is 30.9. The lowest BCUT2D eigenvalue weighted by Crippen LogP contribution is -2.15. The quantitative estimate of drug-likeness (QED) is 0.128. The van der Waals surface area contributed by atoms with Gasteiger partial charge in [0.1, 0.15) is 0 Å². The lowest BCUT2D eigenvalue weighted by molar-refractivity contribution is 0.660. The van der Waals surface area contributed by atoms with Gasteiger partial charge in [-0.15, -0.1) is 0 Å². The van der Waals surface area contributed by atoms with Gasteiger partial charge >= 0.3 is 0 Å². The standard InChI is InChI=1S/C57H36N6/c1-57(2)49-23-10-9-19-40(49)41-25-24-37(31-50(41)57)56-62-54(34-14-5-4-6-15-34)61-55(63-56)36-17-11-16-35(30-36)45-32-46-44-22-13-29-60-53(44)48(33-47(46)43-21-12-28-59-52(43)45)39-26-27-51(58-3)42-20-8-7-18-38(39)42/h4-33H,1-2H3. The van der Waals surface area contributed by atoms with Gasteiger partial charge in [-0.2, -0.15) is 0 Å². The molecule has 0 fully saturated rings. The highest BCUT2D eigenvalue weighted by atomic mass is 15.0. The molecule has 6 nitrogen and oxygen atoms in total. The van der Waals surface area contributed by atoms with Crippen LogP contribution in [0.25, 0.3) is 116 Å². The first-order valence-electron chi connectivity index (χ1n) is 21.1. The van der Waals surface area contributed by atoms with Crippen LogP contribution in [0.2, 0.25) is 0 Å². The molecule has 1 aliphatic carbocycles. The normalized spacial score (nSPS) is 12.7. The summed E-state index contributed by atoms with van der Waals surface area (Å²) in [5.74, 6) is 1.84. The Morgan fingerprint density at radius 3 is 1.68 bits per heavy atom. The molecule has 8 aromatic carbocycles. The first kappa shape index (κ1) is 36.5. The second kappa shape index (κ2) is 14.1. The number of nitrogens with zero attached hydrogens (tertiary/aromatic N) is 6. The Balaban J connectivity index is 1.03. The lowest BCUT2D eigenvalue weighted by Gasteiger charge is -2.21. The largest absolute Gasteiger partial charge is 0.256 e. The zero-order valence-corrected chi connectivity index (χ0v) is 34.5. The topological polar surface area (TPSA) is 68.8 Å². The van der Waals surface area contributed by atoms with Crippen LogP contribution < -0.4 is 0 Å². The van der Waals surface area contributed by atoms with E-state index in [4.69, 9.17) is 31.5 Å². The van der Waals surface area contributed by atoms with Crippen molar-refractivity contribution in [2.75, 3.05) is 0 Å². The molecule has 0 spiro atoms. The van der Waals surface area contributed by atoms with Crippen molar-refractivity contribution in [2.24, 2.45) is 0 Å². The van der Waals surface area contributed by atoms with E-state index in [1.54, 1.807) is 0 Å². The van der Waals surface area contributed by atoms with Gasteiger partial charge in [0, 0.05) is 56.4 Å². The third kappa shape index (κ3) is 5.75. The van der Waals surface area contributed by atoms with Crippen molar-refractivity contribution in [3.8, 4) is 67.5 Å². The zero-order valence-electron chi connectivity index (χ0n) is 34.5. The molecule has 0 unspecified atom stereocenters. The van der Waals surface area contributed by atoms with E-state index >= 15 is 0 Å². The maximum atomic E-state index is 7.82. The van der Waals surface area contributed by atoms with Gasteiger partial charge in [0.15, 0.2) is 23.2 Å². The molecule has 12 rings (SSSR count). The SMILES string of the molecule is [C-]#[N+]c1ccc(-c2cc3c4cccnc4c(-c4cccc(-c5nc(-c6ccccc6)nc(-c6ccc7c(c6)C(C)(C)c6ccccc6-7)n5)c4)cc3c3cccnc23)c2ccccc12. The monoisotopic (exact) mass is 804 g/mol. The van der Waals surface area contributed by atoms with Crippen LogP contribution in [-0.2, 0) is 5.41 Å². The van der Waals surface area contributed by atoms with Crippen LogP contribution in [0.5, 0.6) is 0 Å². The molecule has 294 valence electrons. The van der Waals surface area contributed by atoms with Gasteiger partial charge in [-0.25, -0.2) is 19.8 Å². The molecule has 0 atom stereocenters. The Kier molecular flexibility index (Phi) is 8.15. The van der Waals surface area contributed by atoms with E-state index < -0.39 is 0 Å². The van der Waals surface area contributed by atoms with E-state index in [9.17, 15) is 0 Å². The van der Waals surface area contributed by atoms with Gasteiger partial charge in [-0.1, -0.05) is 147 Å². The average molecular weight is 805 g/mol. The Hall–Kier alpha value is -8.40. The Bertz CT molecular complexity index is 3730. The first-order valence-corrected chi connectivity index (χ1v) is 21.1. The molecule has 0 saturated heterocycles. The summed E-state index contributed by atoms with van der Waals surface area (Å²) < 4.78 is 0. The van der Waals surface area contributed by atoms with Crippen LogP contribution in [0, 0.1) is 6.57 Å². The number of hydrogen-bond donors (Lipinski definition) is 0. The van der Waals surface area contributed by atoms with Crippen LogP contribution in [-0.4, -0.2) is 24.9 Å². The smallest absolute Gasteiger partial charge is 0.194 e. The highest BCUT2D eigenvalue weighted by Gasteiger charge is 2.35. The molecule has 0 radical (unpaired) electrons. The molecule has 11 aromatic rings. The van der Waals surface area contributed by atoms with Crippen LogP contribution in [0.1, 0.15) is 25.0 Å². The summed E-state index contributed by atoms with van der Waals surface area (Å²) in [6.07, 6.45) is 3.72. The Morgan fingerprint density at radius 1 is 0.381 bits per heavy atom. The van der Waals surface area contributed by atoms with Gasteiger partial charge in [0.2, 0.25) is 0 Å². The van der Waals surface area contributed by atoms with E-state index in [2.05, 4.69) is 122 Å². The number of rotatable bonds is 5. The summed E-state index contributed by atoms with van der Waals surface area (Å²) in [7, 11) is 0. The minimum Gasteiger partial charge on any atom is -0.256 e.